The molecule has 1 amide bonds. The van der Waals surface area contributed by atoms with Crippen LogP contribution in [0.1, 0.15) is 31.9 Å². The summed E-state index contributed by atoms with van der Waals surface area (Å²) in [7, 11) is 0. The first-order valence-corrected chi connectivity index (χ1v) is 9.29. The van der Waals surface area contributed by atoms with Crippen LogP contribution in [-0.2, 0) is 13.0 Å². The molecule has 0 atom stereocenters. The van der Waals surface area contributed by atoms with E-state index in [0.29, 0.717) is 13.1 Å². The van der Waals surface area contributed by atoms with Gasteiger partial charge in [-0.05, 0) is 66.6 Å². The molecular weight excluding hydrogens is 328 g/mol. The van der Waals surface area contributed by atoms with Crippen LogP contribution in [0.5, 0.6) is 0 Å². The number of carbonyl (C=O) groups excluding carboxylic acids is 1. The van der Waals surface area contributed by atoms with E-state index in [2.05, 4.69) is 29.4 Å². The lowest BCUT2D eigenvalue weighted by molar-refractivity contribution is 0.0745. The van der Waals surface area contributed by atoms with Gasteiger partial charge in [0.1, 0.15) is 0 Å². The van der Waals surface area contributed by atoms with Crippen molar-refractivity contribution in [1.29, 1.82) is 0 Å². The molecule has 1 aromatic carbocycles. The third-order valence-electron chi connectivity index (χ3n) is 4.35. The number of amides is 1. The third-order valence-corrected chi connectivity index (χ3v) is 5.28. The van der Waals surface area contributed by atoms with Gasteiger partial charge in [0.2, 0.25) is 0 Å². The monoisotopic (exact) mass is 350 g/mol. The summed E-state index contributed by atoms with van der Waals surface area (Å²) in [5.74, 6) is 0.0727. The number of aryl methyl sites for hydroxylation is 2. The fourth-order valence-corrected chi connectivity index (χ4v) is 3.42. The lowest BCUT2D eigenvalue weighted by Gasteiger charge is -2.23. The maximum absolute atomic E-state index is 13.1. The highest BCUT2D eigenvalue weighted by Crippen LogP contribution is 2.16. The van der Waals surface area contributed by atoms with Crippen molar-refractivity contribution in [2.45, 2.75) is 26.8 Å². The number of carbonyl (C=O) groups is 1. The molecule has 128 valence electrons. The van der Waals surface area contributed by atoms with Crippen LogP contribution in [0.2, 0.25) is 0 Å². The van der Waals surface area contributed by atoms with Crippen LogP contribution in [0.15, 0.2) is 60.2 Å². The summed E-state index contributed by atoms with van der Waals surface area (Å²) in [6.07, 6.45) is 4.45. The maximum Gasteiger partial charge on any atom is 0.254 e. The Morgan fingerprint density at radius 2 is 2.00 bits per heavy atom. The lowest BCUT2D eigenvalue weighted by atomic mass is 10.1. The number of hydrogen-bond acceptors (Lipinski definition) is 3. The second kappa shape index (κ2) is 8.08. The summed E-state index contributed by atoms with van der Waals surface area (Å²) in [4.78, 5) is 20.5. The summed E-state index contributed by atoms with van der Waals surface area (Å²) in [5, 5.41) is 2.08. The molecule has 0 bridgehead atoms. The van der Waals surface area contributed by atoms with Gasteiger partial charge in [0.05, 0.1) is 0 Å². The van der Waals surface area contributed by atoms with E-state index < -0.39 is 0 Å². The Labute approximate surface area is 153 Å². The summed E-state index contributed by atoms with van der Waals surface area (Å²) in [5.41, 5.74) is 4.14. The number of benzene rings is 1. The Bertz CT molecular complexity index is 828. The number of hydrogen-bond donors (Lipinski definition) is 0. The minimum Gasteiger partial charge on any atom is -0.334 e. The molecule has 4 heteroatoms. The van der Waals surface area contributed by atoms with E-state index in [1.807, 2.05) is 48.4 Å². The fourth-order valence-electron chi connectivity index (χ4n) is 2.72. The number of rotatable bonds is 6. The molecule has 3 nitrogen and oxygen atoms in total. The van der Waals surface area contributed by atoms with Crippen molar-refractivity contribution in [1.82, 2.24) is 9.88 Å². The standard InChI is InChI=1S/C21H22N2OS/c1-16-7-8-19(13-17(16)2)21(24)23(11-9-20-6-4-12-25-20)15-18-5-3-10-22-14-18/h3-8,10,12-14H,9,11,15H2,1-2H3. The molecular formula is C21H22N2OS. The van der Waals surface area contributed by atoms with Gasteiger partial charge in [0.15, 0.2) is 0 Å². The number of nitrogens with zero attached hydrogens (tertiary/aromatic N) is 2. The van der Waals surface area contributed by atoms with E-state index in [1.54, 1.807) is 17.5 Å². The van der Waals surface area contributed by atoms with Gasteiger partial charge in [0, 0.05) is 35.9 Å². The van der Waals surface area contributed by atoms with Gasteiger partial charge < -0.3 is 4.90 Å². The van der Waals surface area contributed by atoms with Crippen LogP contribution >= 0.6 is 11.3 Å². The van der Waals surface area contributed by atoms with Crippen LogP contribution in [0.4, 0.5) is 0 Å². The molecule has 0 radical (unpaired) electrons. The van der Waals surface area contributed by atoms with Crippen molar-refractivity contribution in [3.05, 3.63) is 87.4 Å². The van der Waals surface area contributed by atoms with Gasteiger partial charge in [-0.3, -0.25) is 9.78 Å². The number of pyridine rings is 1. The molecule has 2 aromatic heterocycles. The Kier molecular flexibility index (Phi) is 5.61. The predicted molar refractivity (Wildman–Crippen MR) is 103 cm³/mol. The Balaban J connectivity index is 1.80. The molecule has 0 aliphatic rings. The predicted octanol–water partition coefficient (Wildman–Crippen LogP) is 4.65. The molecule has 0 aliphatic heterocycles. The summed E-state index contributed by atoms with van der Waals surface area (Å²) in [6, 6.07) is 14.0. The van der Waals surface area contributed by atoms with Gasteiger partial charge >= 0.3 is 0 Å². The molecule has 0 fully saturated rings. The minimum absolute atomic E-state index is 0.0727. The van der Waals surface area contributed by atoms with Crippen molar-refractivity contribution >= 4 is 17.2 Å². The van der Waals surface area contributed by atoms with Gasteiger partial charge in [-0.15, -0.1) is 11.3 Å². The number of thiophene rings is 1. The average Bonchev–Trinajstić information content (AvgIpc) is 3.15. The van der Waals surface area contributed by atoms with Crippen molar-refractivity contribution in [3.63, 3.8) is 0 Å². The smallest absolute Gasteiger partial charge is 0.254 e. The normalized spacial score (nSPS) is 10.6. The highest BCUT2D eigenvalue weighted by atomic mass is 32.1. The molecule has 0 N–H and O–H groups in total. The second-order valence-corrected chi connectivity index (χ2v) is 7.25. The molecule has 0 unspecified atom stereocenters. The molecule has 0 spiro atoms. The quantitative estimate of drug-likeness (QED) is 0.648. The van der Waals surface area contributed by atoms with Gasteiger partial charge in [-0.2, -0.15) is 0 Å². The van der Waals surface area contributed by atoms with Crippen LogP contribution in [-0.4, -0.2) is 22.3 Å². The molecule has 3 rings (SSSR count). The maximum atomic E-state index is 13.1. The van der Waals surface area contributed by atoms with Crippen LogP contribution in [0.3, 0.4) is 0 Å². The SMILES string of the molecule is Cc1ccc(C(=O)N(CCc2cccs2)Cc2cccnc2)cc1C. The van der Waals surface area contributed by atoms with Crippen molar-refractivity contribution in [2.24, 2.45) is 0 Å². The topological polar surface area (TPSA) is 33.2 Å². The third kappa shape index (κ3) is 4.54. The minimum atomic E-state index is 0.0727. The van der Waals surface area contributed by atoms with Gasteiger partial charge in [0.25, 0.3) is 5.91 Å². The number of aromatic nitrogens is 1. The summed E-state index contributed by atoms with van der Waals surface area (Å²) >= 11 is 1.73. The second-order valence-electron chi connectivity index (χ2n) is 6.22. The summed E-state index contributed by atoms with van der Waals surface area (Å²) < 4.78 is 0. The average molecular weight is 350 g/mol. The van der Waals surface area contributed by atoms with Crippen molar-refractivity contribution < 1.29 is 4.79 Å². The fraction of sp³-hybridized carbons (Fsp3) is 0.238. The van der Waals surface area contributed by atoms with Crippen molar-refractivity contribution in [2.75, 3.05) is 6.54 Å². The molecule has 0 saturated heterocycles. The zero-order valence-electron chi connectivity index (χ0n) is 14.6. The first-order valence-electron chi connectivity index (χ1n) is 8.41. The van der Waals surface area contributed by atoms with Crippen LogP contribution < -0.4 is 0 Å². The zero-order chi connectivity index (χ0) is 17.6. The van der Waals surface area contributed by atoms with E-state index in [4.69, 9.17) is 0 Å². The largest absolute Gasteiger partial charge is 0.334 e. The molecule has 25 heavy (non-hydrogen) atoms. The molecule has 0 saturated carbocycles. The van der Waals surface area contributed by atoms with Gasteiger partial charge in [-0.1, -0.05) is 18.2 Å². The Morgan fingerprint density at radius 1 is 1.12 bits per heavy atom. The first-order chi connectivity index (χ1) is 12.1. The molecule has 0 aliphatic carbocycles. The lowest BCUT2D eigenvalue weighted by Crippen LogP contribution is -2.32. The highest BCUT2D eigenvalue weighted by molar-refractivity contribution is 7.09. The Hall–Kier alpha value is -2.46. The molecule has 2 heterocycles. The van der Waals surface area contributed by atoms with Crippen LogP contribution in [0, 0.1) is 13.8 Å². The van der Waals surface area contributed by atoms with E-state index in [9.17, 15) is 4.79 Å². The van der Waals surface area contributed by atoms with E-state index >= 15 is 0 Å². The first kappa shape index (κ1) is 17.4. The Morgan fingerprint density at radius 3 is 2.68 bits per heavy atom. The van der Waals surface area contributed by atoms with Crippen LogP contribution in [0.25, 0.3) is 0 Å². The molecule has 3 aromatic rings. The van der Waals surface area contributed by atoms with Crippen molar-refractivity contribution in [3.8, 4) is 0 Å². The summed E-state index contributed by atoms with van der Waals surface area (Å²) in [6.45, 7) is 5.38. The van der Waals surface area contributed by atoms with Gasteiger partial charge in [-0.25, -0.2) is 0 Å². The zero-order valence-corrected chi connectivity index (χ0v) is 15.4. The highest BCUT2D eigenvalue weighted by Gasteiger charge is 2.17. The van der Waals surface area contributed by atoms with E-state index in [1.165, 1.54) is 10.4 Å². The van der Waals surface area contributed by atoms with E-state index in [0.717, 1.165) is 23.1 Å². The van der Waals surface area contributed by atoms with E-state index in [-0.39, 0.29) is 5.91 Å².